The number of rotatable bonds is 4. The Labute approximate surface area is 174 Å². The monoisotopic (exact) mass is 411 g/mol. The fourth-order valence-corrected chi connectivity index (χ4v) is 3.61. The Morgan fingerprint density at radius 2 is 1.79 bits per heavy atom. The molecule has 2 aromatic rings. The van der Waals surface area contributed by atoms with E-state index in [2.05, 4.69) is 10.6 Å². The Morgan fingerprint density at radius 3 is 2.52 bits per heavy atom. The molecule has 6 nitrogen and oxygen atoms in total. The van der Waals surface area contributed by atoms with Gasteiger partial charge in [-0.2, -0.15) is 0 Å². The molecule has 1 saturated carbocycles. The van der Waals surface area contributed by atoms with Crippen LogP contribution in [0.25, 0.3) is 0 Å². The SMILES string of the molecule is O=C(NCc1ccc(Cl)cc1)C(=O)Nc1ccc2c(c1)N(C(=O)C1CC1)CCC2. The van der Waals surface area contributed by atoms with Gasteiger partial charge in [-0.25, -0.2) is 0 Å². The first-order chi connectivity index (χ1) is 14.0. The first kappa shape index (κ1) is 19.5. The number of hydrogen-bond acceptors (Lipinski definition) is 3. The molecular weight excluding hydrogens is 390 g/mol. The standard InChI is InChI=1S/C22H22ClN3O3/c23-17-8-3-14(4-9-17)13-24-20(27)21(28)25-18-10-7-15-2-1-11-26(19(15)12-18)22(29)16-5-6-16/h3-4,7-10,12,16H,1-2,5-6,11,13H2,(H,24,27)(H,25,28). The number of nitrogens with one attached hydrogen (secondary N) is 2. The third-order valence-electron chi connectivity index (χ3n) is 5.23. The van der Waals surface area contributed by atoms with E-state index in [9.17, 15) is 14.4 Å². The third-order valence-corrected chi connectivity index (χ3v) is 5.48. The van der Waals surface area contributed by atoms with Gasteiger partial charge in [0, 0.05) is 35.4 Å². The quantitative estimate of drug-likeness (QED) is 0.758. The summed E-state index contributed by atoms with van der Waals surface area (Å²) in [5.41, 5.74) is 3.28. The molecule has 3 amide bonds. The van der Waals surface area contributed by atoms with Crippen LogP contribution in [-0.4, -0.2) is 24.3 Å². The second-order valence-corrected chi connectivity index (χ2v) is 7.91. The predicted octanol–water partition coefficient (Wildman–Crippen LogP) is 3.28. The van der Waals surface area contributed by atoms with Gasteiger partial charge in [0.05, 0.1) is 0 Å². The molecule has 29 heavy (non-hydrogen) atoms. The number of carbonyl (C=O) groups excluding carboxylic acids is 3. The van der Waals surface area contributed by atoms with Gasteiger partial charge in [0.2, 0.25) is 5.91 Å². The van der Waals surface area contributed by atoms with Gasteiger partial charge in [-0.05, 0) is 61.1 Å². The molecule has 0 spiro atoms. The van der Waals surface area contributed by atoms with Crippen LogP contribution in [0, 0.1) is 5.92 Å². The van der Waals surface area contributed by atoms with Crippen LogP contribution in [0.2, 0.25) is 5.02 Å². The van der Waals surface area contributed by atoms with E-state index in [1.165, 1.54) is 0 Å². The highest BCUT2D eigenvalue weighted by Gasteiger charge is 2.35. The van der Waals surface area contributed by atoms with E-state index in [1.807, 2.05) is 11.0 Å². The molecule has 1 aliphatic heterocycles. The molecular formula is C22H22ClN3O3. The van der Waals surface area contributed by atoms with Crippen molar-refractivity contribution in [3.05, 3.63) is 58.6 Å². The molecule has 1 aliphatic carbocycles. The number of hydrogen-bond donors (Lipinski definition) is 2. The maximum absolute atomic E-state index is 12.6. The summed E-state index contributed by atoms with van der Waals surface area (Å²) < 4.78 is 0. The van der Waals surface area contributed by atoms with Crippen molar-refractivity contribution < 1.29 is 14.4 Å². The zero-order valence-corrected chi connectivity index (χ0v) is 16.7. The molecule has 0 atom stereocenters. The highest BCUT2D eigenvalue weighted by atomic mass is 35.5. The van der Waals surface area contributed by atoms with Gasteiger partial charge in [0.25, 0.3) is 0 Å². The van der Waals surface area contributed by atoms with E-state index >= 15 is 0 Å². The van der Waals surface area contributed by atoms with Crippen LogP contribution in [0.5, 0.6) is 0 Å². The molecule has 0 aromatic heterocycles. The average Bonchev–Trinajstić information content (AvgIpc) is 3.57. The van der Waals surface area contributed by atoms with E-state index in [0.717, 1.165) is 42.5 Å². The second kappa shape index (κ2) is 8.25. The fourth-order valence-electron chi connectivity index (χ4n) is 3.48. The molecule has 2 aromatic carbocycles. The Bertz CT molecular complexity index is 954. The predicted molar refractivity (Wildman–Crippen MR) is 112 cm³/mol. The summed E-state index contributed by atoms with van der Waals surface area (Å²) in [5, 5.41) is 5.83. The Balaban J connectivity index is 1.40. The van der Waals surface area contributed by atoms with E-state index < -0.39 is 11.8 Å². The van der Waals surface area contributed by atoms with Crippen molar-refractivity contribution in [3.8, 4) is 0 Å². The number of halogens is 1. The van der Waals surface area contributed by atoms with Crippen molar-refractivity contribution in [2.75, 3.05) is 16.8 Å². The lowest BCUT2D eigenvalue weighted by molar-refractivity contribution is -0.136. The number of nitrogens with zero attached hydrogens (tertiary/aromatic N) is 1. The molecule has 2 N–H and O–H groups in total. The minimum absolute atomic E-state index is 0.137. The van der Waals surface area contributed by atoms with E-state index in [0.29, 0.717) is 17.3 Å². The van der Waals surface area contributed by atoms with Gasteiger partial charge >= 0.3 is 11.8 Å². The average molecular weight is 412 g/mol. The zero-order valence-electron chi connectivity index (χ0n) is 15.9. The molecule has 7 heteroatoms. The van der Waals surface area contributed by atoms with Gasteiger partial charge in [-0.15, -0.1) is 0 Å². The summed E-state index contributed by atoms with van der Waals surface area (Å²) in [6.07, 6.45) is 3.74. The van der Waals surface area contributed by atoms with Crippen molar-refractivity contribution >= 4 is 40.7 Å². The maximum Gasteiger partial charge on any atom is 0.313 e. The van der Waals surface area contributed by atoms with E-state index in [4.69, 9.17) is 11.6 Å². The number of anilines is 2. The van der Waals surface area contributed by atoms with Crippen molar-refractivity contribution in [2.24, 2.45) is 5.92 Å². The molecule has 1 heterocycles. The zero-order chi connectivity index (χ0) is 20.4. The molecule has 0 radical (unpaired) electrons. The Kier molecular flexibility index (Phi) is 5.53. The van der Waals surface area contributed by atoms with Crippen LogP contribution < -0.4 is 15.5 Å². The van der Waals surface area contributed by atoms with Crippen molar-refractivity contribution in [2.45, 2.75) is 32.2 Å². The van der Waals surface area contributed by atoms with Crippen LogP contribution in [0.15, 0.2) is 42.5 Å². The Morgan fingerprint density at radius 1 is 1.03 bits per heavy atom. The van der Waals surface area contributed by atoms with E-state index in [1.54, 1.807) is 36.4 Å². The van der Waals surface area contributed by atoms with Crippen LogP contribution in [0.4, 0.5) is 11.4 Å². The summed E-state index contributed by atoms with van der Waals surface area (Å²) in [6.45, 7) is 0.929. The topological polar surface area (TPSA) is 78.5 Å². The lowest BCUT2D eigenvalue weighted by Gasteiger charge is -2.30. The van der Waals surface area contributed by atoms with Crippen LogP contribution in [0.1, 0.15) is 30.4 Å². The van der Waals surface area contributed by atoms with Gasteiger partial charge < -0.3 is 15.5 Å². The van der Waals surface area contributed by atoms with Gasteiger partial charge in [-0.1, -0.05) is 29.8 Å². The minimum atomic E-state index is -0.741. The lowest BCUT2D eigenvalue weighted by Crippen LogP contribution is -2.37. The smallest absolute Gasteiger partial charge is 0.313 e. The number of fused-ring (bicyclic) bond motifs is 1. The highest BCUT2D eigenvalue weighted by molar-refractivity contribution is 6.39. The first-order valence-corrected chi connectivity index (χ1v) is 10.2. The lowest BCUT2D eigenvalue weighted by atomic mass is 10.0. The molecule has 4 rings (SSSR count). The highest BCUT2D eigenvalue weighted by Crippen LogP contribution is 2.36. The van der Waals surface area contributed by atoms with Gasteiger partial charge in [-0.3, -0.25) is 14.4 Å². The summed E-state index contributed by atoms with van der Waals surface area (Å²) in [4.78, 5) is 38.8. The summed E-state index contributed by atoms with van der Waals surface area (Å²) in [6, 6.07) is 12.5. The largest absolute Gasteiger partial charge is 0.344 e. The number of carbonyl (C=O) groups is 3. The van der Waals surface area contributed by atoms with Crippen molar-refractivity contribution in [1.29, 1.82) is 0 Å². The molecule has 0 saturated heterocycles. The van der Waals surface area contributed by atoms with Crippen LogP contribution in [0.3, 0.4) is 0 Å². The molecule has 0 bridgehead atoms. The van der Waals surface area contributed by atoms with Crippen molar-refractivity contribution in [3.63, 3.8) is 0 Å². The van der Waals surface area contributed by atoms with Crippen LogP contribution >= 0.6 is 11.6 Å². The van der Waals surface area contributed by atoms with Gasteiger partial charge in [0.15, 0.2) is 0 Å². The number of aryl methyl sites for hydroxylation is 1. The maximum atomic E-state index is 12.6. The minimum Gasteiger partial charge on any atom is -0.344 e. The summed E-state index contributed by atoms with van der Waals surface area (Å²) >= 11 is 5.84. The van der Waals surface area contributed by atoms with E-state index in [-0.39, 0.29) is 18.4 Å². The van der Waals surface area contributed by atoms with Crippen LogP contribution in [-0.2, 0) is 27.3 Å². The molecule has 1 fully saturated rings. The summed E-state index contributed by atoms with van der Waals surface area (Å²) in [7, 11) is 0. The second-order valence-electron chi connectivity index (χ2n) is 7.47. The van der Waals surface area contributed by atoms with Crippen molar-refractivity contribution in [1.82, 2.24) is 5.32 Å². The van der Waals surface area contributed by atoms with Gasteiger partial charge in [0.1, 0.15) is 0 Å². The number of benzene rings is 2. The molecule has 150 valence electrons. The number of amides is 3. The molecule has 0 unspecified atom stereocenters. The third kappa shape index (κ3) is 4.59. The summed E-state index contributed by atoms with van der Waals surface area (Å²) in [5.74, 6) is -1.16. The Hall–Kier alpha value is -2.86. The molecule has 2 aliphatic rings. The first-order valence-electron chi connectivity index (χ1n) is 9.79. The fraction of sp³-hybridized carbons (Fsp3) is 0.318. The normalized spacial score (nSPS) is 15.4.